The first-order valence-corrected chi connectivity index (χ1v) is 22.5. The number of rotatable bonds is 23. The van der Waals surface area contributed by atoms with E-state index in [4.69, 9.17) is 28.4 Å². The monoisotopic (exact) mass is 927 g/mol. The number of hydrogen-bond acceptors (Lipinski definition) is 20. The maximum atomic E-state index is 12.3. The van der Waals surface area contributed by atoms with Gasteiger partial charge in [0.15, 0.2) is 18.9 Å². The fraction of sp³-hybridized carbons (Fsp3) is 0.895. The van der Waals surface area contributed by atoms with Crippen molar-refractivity contribution >= 4 is 35.5 Å². The number of ether oxygens (including phenoxy) is 6. The second-order valence-corrected chi connectivity index (χ2v) is 17.6. The van der Waals surface area contributed by atoms with Crippen molar-refractivity contribution in [3.63, 3.8) is 0 Å². The Balaban J connectivity index is 0.990. The van der Waals surface area contributed by atoms with Crippen molar-refractivity contribution in [3.05, 3.63) is 0 Å². The van der Waals surface area contributed by atoms with E-state index in [0.29, 0.717) is 37.5 Å². The fourth-order valence-corrected chi connectivity index (χ4v) is 9.75. The molecular formula is C38H65N5O19S. The van der Waals surface area contributed by atoms with Crippen LogP contribution in [0.5, 0.6) is 0 Å². The van der Waals surface area contributed by atoms with Crippen molar-refractivity contribution in [1.82, 2.24) is 26.6 Å². The Morgan fingerprint density at radius 1 is 0.683 bits per heavy atom. The van der Waals surface area contributed by atoms with Crippen LogP contribution in [-0.4, -0.2) is 224 Å². The Labute approximate surface area is 368 Å². The lowest BCUT2D eigenvalue weighted by molar-refractivity contribution is -0.374. The molecule has 18 atom stereocenters. The highest BCUT2D eigenvalue weighted by Gasteiger charge is 2.54. The van der Waals surface area contributed by atoms with Crippen LogP contribution in [0.15, 0.2) is 0 Å². The third-order valence-electron chi connectivity index (χ3n) is 11.7. The van der Waals surface area contributed by atoms with Gasteiger partial charge in [-0.3, -0.25) is 14.4 Å². The summed E-state index contributed by atoms with van der Waals surface area (Å²) in [5, 5.41) is 108. The fourth-order valence-electron chi connectivity index (χ4n) is 8.21. The SMILES string of the molecule is CC(=O)N[C@H]1[C@H](OCCCCCC(=O)NCCNC(=O)CCCC[C@@H]2SC[C@@H]3NC(=O)N[C@@H]32)O[C@H](CO)[C@@H](O[C@@H]2O[C@H](CO)[C@H](O[C@H]3O[C@H](CO)[C@H](O)[C@H](O)[C@H]3O)[C@H](O)[C@H]2O)[C@@H]1O. The number of carbonyl (C=O) groups is 4. The minimum atomic E-state index is -1.95. The van der Waals surface area contributed by atoms with Crippen LogP contribution in [0.3, 0.4) is 0 Å². The summed E-state index contributed by atoms with van der Waals surface area (Å²) in [4.78, 5) is 48.3. The largest absolute Gasteiger partial charge is 0.394 e. The molecule has 24 nitrogen and oxygen atoms in total. The van der Waals surface area contributed by atoms with Gasteiger partial charge in [-0.05, 0) is 25.7 Å². The molecule has 5 saturated heterocycles. The Hall–Kier alpha value is -2.57. The van der Waals surface area contributed by atoms with E-state index in [1.807, 2.05) is 11.8 Å². The smallest absolute Gasteiger partial charge is 0.315 e. The van der Waals surface area contributed by atoms with Crippen molar-refractivity contribution in [2.45, 2.75) is 168 Å². The molecule has 0 aromatic heterocycles. The third kappa shape index (κ3) is 13.7. The lowest BCUT2D eigenvalue weighted by Gasteiger charge is -2.48. The standard InChI is InChI=1S/C38H65N5O19S/c1-17(47)41-26-28(51)33(61-37-32(55)30(53)34(21(15-46)60-37)62-36-31(54)29(52)27(50)19(13-44)58-36)20(14-45)59-35(26)57-12-6-2-3-8-23(48)39-10-11-40-24(49)9-5-4-7-22-25-18(16-63-22)42-38(56)43-25/h18-22,25-37,44-46,50-55H,2-16H2,1H3,(H,39,48)(H,40,49)(H,41,47)(H2,42,43,56)/t18-,19+,20+,21+,22-,25-,26+,27-,28+,29-,30+,31+,32+,33+,34-,35+,36+,37-/m0/s1. The quantitative estimate of drug-likeness (QED) is 0.0335. The molecule has 0 radical (unpaired) electrons. The molecule has 5 rings (SSSR count). The van der Waals surface area contributed by atoms with Crippen LogP contribution in [0.25, 0.3) is 0 Å². The number of amides is 5. The number of urea groups is 1. The summed E-state index contributed by atoms with van der Waals surface area (Å²) < 4.78 is 34.1. The average Bonchev–Trinajstić information content (AvgIpc) is 3.82. The van der Waals surface area contributed by atoms with Gasteiger partial charge in [-0.15, -0.1) is 0 Å². The van der Waals surface area contributed by atoms with E-state index in [2.05, 4.69) is 26.6 Å². The molecule has 63 heavy (non-hydrogen) atoms. The van der Waals surface area contributed by atoms with Crippen LogP contribution >= 0.6 is 11.8 Å². The van der Waals surface area contributed by atoms with Crippen LogP contribution in [0.1, 0.15) is 58.3 Å². The number of nitrogens with one attached hydrogen (secondary N) is 5. The predicted octanol–water partition coefficient (Wildman–Crippen LogP) is -5.89. The van der Waals surface area contributed by atoms with Crippen molar-refractivity contribution in [3.8, 4) is 0 Å². The van der Waals surface area contributed by atoms with Gasteiger partial charge in [0.25, 0.3) is 0 Å². The zero-order valence-electron chi connectivity index (χ0n) is 35.0. The molecule has 0 saturated carbocycles. The number of aliphatic hydroxyl groups excluding tert-OH is 9. The molecule has 0 aliphatic carbocycles. The molecule has 5 aliphatic heterocycles. The normalized spacial score (nSPS) is 38.9. The summed E-state index contributed by atoms with van der Waals surface area (Å²) in [6, 6.07) is -1.06. The van der Waals surface area contributed by atoms with Gasteiger partial charge in [-0.1, -0.05) is 12.8 Å². The van der Waals surface area contributed by atoms with Crippen LogP contribution in [0, 0.1) is 0 Å². The lowest BCUT2D eigenvalue weighted by Crippen LogP contribution is -2.68. The van der Waals surface area contributed by atoms with Crippen molar-refractivity contribution in [2.24, 2.45) is 0 Å². The zero-order valence-corrected chi connectivity index (χ0v) is 35.8. The first-order chi connectivity index (χ1) is 30.2. The van der Waals surface area contributed by atoms with Gasteiger partial charge in [0.05, 0.1) is 31.9 Å². The molecule has 362 valence electrons. The number of unbranched alkanes of at least 4 members (excludes halogenated alkanes) is 3. The van der Waals surface area contributed by atoms with Gasteiger partial charge >= 0.3 is 6.03 Å². The first kappa shape index (κ1) is 51.4. The first-order valence-electron chi connectivity index (χ1n) is 21.5. The minimum absolute atomic E-state index is 0.0732. The molecule has 14 N–H and O–H groups in total. The Bertz CT molecular complexity index is 1470. The molecule has 25 heteroatoms. The summed E-state index contributed by atoms with van der Waals surface area (Å²) in [5.41, 5.74) is 0. The van der Waals surface area contributed by atoms with Crippen LogP contribution in [0.2, 0.25) is 0 Å². The summed E-state index contributed by atoms with van der Waals surface area (Å²) in [7, 11) is 0. The second-order valence-electron chi connectivity index (χ2n) is 16.3. The van der Waals surface area contributed by atoms with Gasteiger partial charge < -0.3 is 101 Å². The molecule has 0 bridgehead atoms. The molecular weight excluding hydrogens is 863 g/mol. The number of thioether (sulfide) groups is 1. The van der Waals surface area contributed by atoms with Crippen molar-refractivity contribution < 1.29 is 93.6 Å². The second kappa shape index (κ2) is 24.8. The van der Waals surface area contributed by atoms with E-state index in [-0.39, 0.29) is 49.5 Å². The van der Waals surface area contributed by atoms with E-state index < -0.39 is 118 Å². The highest BCUT2D eigenvalue weighted by atomic mass is 32.2. The average molecular weight is 928 g/mol. The molecule has 5 fully saturated rings. The van der Waals surface area contributed by atoms with Crippen LogP contribution < -0.4 is 26.6 Å². The summed E-state index contributed by atoms with van der Waals surface area (Å²) in [5.74, 6) is 0.0404. The predicted molar refractivity (Wildman–Crippen MR) is 215 cm³/mol. The highest BCUT2D eigenvalue weighted by Crippen LogP contribution is 2.34. The maximum Gasteiger partial charge on any atom is 0.315 e. The number of aliphatic hydroxyl groups is 9. The van der Waals surface area contributed by atoms with Gasteiger partial charge in [0.1, 0.15) is 73.2 Å². The van der Waals surface area contributed by atoms with Crippen LogP contribution in [-0.2, 0) is 42.8 Å². The molecule has 0 aromatic rings. The minimum Gasteiger partial charge on any atom is -0.394 e. The molecule has 0 spiro atoms. The number of carbonyl (C=O) groups excluding carboxylic acids is 4. The Morgan fingerprint density at radius 2 is 1.24 bits per heavy atom. The van der Waals surface area contributed by atoms with E-state index in [1.165, 1.54) is 6.92 Å². The highest BCUT2D eigenvalue weighted by molar-refractivity contribution is 8.00. The summed E-state index contributed by atoms with van der Waals surface area (Å²) >= 11 is 1.84. The molecule has 5 aliphatic rings. The van der Waals surface area contributed by atoms with E-state index >= 15 is 0 Å². The van der Waals surface area contributed by atoms with Crippen LogP contribution in [0.4, 0.5) is 4.79 Å². The maximum absolute atomic E-state index is 12.3. The zero-order chi connectivity index (χ0) is 45.8. The molecule has 0 aromatic carbocycles. The van der Waals surface area contributed by atoms with Crippen molar-refractivity contribution in [2.75, 3.05) is 45.3 Å². The Kier molecular flexibility index (Phi) is 20.2. The van der Waals surface area contributed by atoms with Gasteiger partial charge in [-0.25, -0.2) is 4.79 Å². The van der Waals surface area contributed by atoms with Gasteiger partial charge in [0.2, 0.25) is 17.7 Å². The van der Waals surface area contributed by atoms with Crippen molar-refractivity contribution in [1.29, 1.82) is 0 Å². The number of fused-ring (bicyclic) bond motifs is 1. The van der Waals surface area contributed by atoms with Gasteiger partial charge in [0, 0.05) is 50.5 Å². The molecule has 0 unspecified atom stereocenters. The molecule has 5 heterocycles. The number of hydrogen-bond donors (Lipinski definition) is 14. The topological polar surface area (TPSA) is 366 Å². The Morgan fingerprint density at radius 3 is 1.84 bits per heavy atom. The summed E-state index contributed by atoms with van der Waals surface area (Å²) in [6.07, 6.45) is -18.3. The summed E-state index contributed by atoms with van der Waals surface area (Å²) in [6.45, 7) is -0.523. The van der Waals surface area contributed by atoms with E-state index in [0.717, 1.165) is 25.0 Å². The third-order valence-corrected chi connectivity index (χ3v) is 13.2. The molecule has 5 amide bonds. The van der Waals surface area contributed by atoms with E-state index in [9.17, 15) is 65.1 Å². The van der Waals surface area contributed by atoms with E-state index in [1.54, 1.807) is 0 Å². The lowest BCUT2D eigenvalue weighted by atomic mass is 9.95. The van der Waals surface area contributed by atoms with Gasteiger partial charge in [-0.2, -0.15) is 11.8 Å².